The number of anilines is 1. The van der Waals surface area contributed by atoms with Gasteiger partial charge in [0.1, 0.15) is 5.75 Å². The van der Waals surface area contributed by atoms with Gasteiger partial charge in [0.2, 0.25) is 5.91 Å². The Morgan fingerprint density at radius 2 is 2.14 bits per heavy atom. The molecule has 0 saturated heterocycles. The summed E-state index contributed by atoms with van der Waals surface area (Å²) < 4.78 is 10.9. The minimum atomic E-state index is -0.598. The first kappa shape index (κ1) is 15.4. The summed E-state index contributed by atoms with van der Waals surface area (Å²) in [5.74, 6) is 0.325. The normalized spacial score (nSPS) is 14.9. The fourth-order valence-electron chi connectivity index (χ4n) is 2.38. The molecule has 5 nitrogen and oxygen atoms in total. The first-order valence-corrected chi connectivity index (χ1v) is 7.40. The fraction of sp³-hybridized carbons (Fsp3) is 0.500. The van der Waals surface area contributed by atoms with Crippen LogP contribution in [0.15, 0.2) is 18.2 Å². The monoisotopic (exact) mass is 291 g/mol. The Kier molecular flexibility index (Phi) is 5.20. The van der Waals surface area contributed by atoms with Crippen molar-refractivity contribution in [3.05, 3.63) is 23.8 Å². The molecule has 0 aliphatic carbocycles. The summed E-state index contributed by atoms with van der Waals surface area (Å²) in [6.07, 6.45) is 1.90. The standard InChI is InChI=1S/C16H21NO4/c1-3-6-14(16(19)20-4-2)21-13-8-5-7-12-11(13)9-10-15(18)17-12/h5,7-8,14H,3-4,6,9-10H2,1-2H3,(H,17,18). The average molecular weight is 291 g/mol. The zero-order valence-electron chi connectivity index (χ0n) is 12.5. The molecule has 2 rings (SSSR count). The van der Waals surface area contributed by atoms with E-state index < -0.39 is 6.10 Å². The number of hydrogen-bond acceptors (Lipinski definition) is 4. The lowest BCUT2D eigenvalue weighted by atomic mass is 10.0. The molecule has 0 aromatic heterocycles. The van der Waals surface area contributed by atoms with Crippen molar-refractivity contribution in [2.75, 3.05) is 11.9 Å². The van der Waals surface area contributed by atoms with E-state index in [0.717, 1.165) is 17.7 Å². The molecule has 5 heteroatoms. The maximum atomic E-state index is 11.9. The van der Waals surface area contributed by atoms with Gasteiger partial charge in [0.15, 0.2) is 6.10 Å². The number of rotatable bonds is 6. The van der Waals surface area contributed by atoms with Crippen molar-refractivity contribution in [2.45, 2.75) is 45.6 Å². The molecule has 0 spiro atoms. The van der Waals surface area contributed by atoms with Crippen LogP contribution >= 0.6 is 0 Å². The molecular formula is C16H21NO4. The highest BCUT2D eigenvalue weighted by molar-refractivity contribution is 5.94. The fourth-order valence-corrected chi connectivity index (χ4v) is 2.38. The van der Waals surface area contributed by atoms with Crippen LogP contribution in [-0.2, 0) is 20.7 Å². The molecule has 114 valence electrons. The van der Waals surface area contributed by atoms with E-state index in [0.29, 0.717) is 31.6 Å². The van der Waals surface area contributed by atoms with Crippen LogP contribution in [0.4, 0.5) is 5.69 Å². The molecule has 1 aliphatic heterocycles. The SMILES string of the molecule is CCCC(Oc1cccc2c1CCC(=O)N2)C(=O)OCC. The lowest BCUT2D eigenvalue weighted by molar-refractivity contribution is -0.151. The average Bonchev–Trinajstić information content (AvgIpc) is 2.47. The first-order valence-electron chi connectivity index (χ1n) is 7.40. The molecule has 1 unspecified atom stereocenters. The number of fused-ring (bicyclic) bond motifs is 1. The molecule has 1 heterocycles. The molecule has 0 bridgehead atoms. The summed E-state index contributed by atoms with van der Waals surface area (Å²) in [5, 5.41) is 2.82. The van der Waals surface area contributed by atoms with Gasteiger partial charge in [-0.3, -0.25) is 4.79 Å². The van der Waals surface area contributed by atoms with Crippen molar-refractivity contribution in [2.24, 2.45) is 0 Å². The maximum absolute atomic E-state index is 11.9. The second kappa shape index (κ2) is 7.11. The van der Waals surface area contributed by atoms with Gasteiger partial charge in [-0.2, -0.15) is 0 Å². The van der Waals surface area contributed by atoms with Gasteiger partial charge in [-0.15, -0.1) is 0 Å². The third-order valence-electron chi connectivity index (χ3n) is 3.38. The molecule has 1 amide bonds. The smallest absolute Gasteiger partial charge is 0.347 e. The van der Waals surface area contributed by atoms with Gasteiger partial charge >= 0.3 is 5.97 Å². The van der Waals surface area contributed by atoms with E-state index in [1.165, 1.54) is 0 Å². The van der Waals surface area contributed by atoms with Crippen LogP contribution in [0.2, 0.25) is 0 Å². The molecule has 21 heavy (non-hydrogen) atoms. The van der Waals surface area contributed by atoms with Crippen molar-refractivity contribution >= 4 is 17.6 Å². The Hall–Kier alpha value is -2.04. The summed E-state index contributed by atoms with van der Waals surface area (Å²) in [7, 11) is 0. The minimum absolute atomic E-state index is 0.00940. The van der Waals surface area contributed by atoms with Gasteiger partial charge in [-0.05, 0) is 31.9 Å². The zero-order chi connectivity index (χ0) is 15.2. The molecule has 1 atom stereocenters. The van der Waals surface area contributed by atoms with Gasteiger partial charge in [-0.25, -0.2) is 4.79 Å². The van der Waals surface area contributed by atoms with Gasteiger partial charge < -0.3 is 14.8 Å². The Bertz CT molecular complexity index is 527. The summed E-state index contributed by atoms with van der Waals surface area (Å²) in [6.45, 7) is 4.11. The minimum Gasteiger partial charge on any atom is -0.478 e. The van der Waals surface area contributed by atoms with Crippen molar-refractivity contribution in [3.8, 4) is 5.75 Å². The van der Waals surface area contributed by atoms with Crippen LogP contribution in [0, 0.1) is 0 Å². The molecule has 0 fully saturated rings. The number of carbonyl (C=O) groups is 2. The summed E-state index contributed by atoms with van der Waals surface area (Å²) in [5.41, 5.74) is 1.71. The van der Waals surface area contributed by atoms with E-state index >= 15 is 0 Å². The van der Waals surface area contributed by atoms with E-state index in [-0.39, 0.29) is 11.9 Å². The second-order valence-electron chi connectivity index (χ2n) is 4.98. The molecule has 0 radical (unpaired) electrons. The number of hydrogen-bond donors (Lipinski definition) is 1. The maximum Gasteiger partial charge on any atom is 0.347 e. The second-order valence-corrected chi connectivity index (χ2v) is 4.98. The van der Waals surface area contributed by atoms with Gasteiger partial charge in [0.25, 0.3) is 0 Å². The third kappa shape index (κ3) is 3.74. The number of esters is 1. The van der Waals surface area contributed by atoms with E-state index in [2.05, 4.69) is 5.32 Å². The quantitative estimate of drug-likeness (QED) is 0.818. The van der Waals surface area contributed by atoms with Gasteiger partial charge in [0, 0.05) is 17.7 Å². The summed E-state index contributed by atoms with van der Waals surface area (Å²) in [6, 6.07) is 5.49. The summed E-state index contributed by atoms with van der Waals surface area (Å²) in [4.78, 5) is 23.4. The van der Waals surface area contributed by atoms with Gasteiger partial charge in [-0.1, -0.05) is 19.4 Å². The van der Waals surface area contributed by atoms with E-state index in [9.17, 15) is 9.59 Å². The Balaban J connectivity index is 2.19. The topological polar surface area (TPSA) is 64.6 Å². The molecular weight excluding hydrogens is 270 g/mol. The van der Waals surface area contributed by atoms with Crippen LogP contribution in [0.5, 0.6) is 5.75 Å². The van der Waals surface area contributed by atoms with Crippen molar-refractivity contribution < 1.29 is 19.1 Å². The highest BCUT2D eigenvalue weighted by atomic mass is 16.6. The van der Waals surface area contributed by atoms with Crippen LogP contribution < -0.4 is 10.1 Å². The highest BCUT2D eigenvalue weighted by Gasteiger charge is 2.24. The predicted octanol–water partition coefficient (Wildman–Crippen LogP) is 2.68. The number of benzene rings is 1. The largest absolute Gasteiger partial charge is 0.478 e. The van der Waals surface area contributed by atoms with Crippen molar-refractivity contribution in [1.82, 2.24) is 0 Å². The molecule has 1 aromatic rings. The third-order valence-corrected chi connectivity index (χ3v) is 3.38. The number of ether oxygens (including phenoxy) is 2. The Morgan fingerprint density at radius 3 is 2.86 bits per heavy atom. The Labute approximate surface area is 124 Å². The zero-order valence-corrected chi connectivity index (χ0v) is 12.5. The molecule has 1 aromatic carbocycles. The first-order chi connectivity index (χ1) is 10.2. The number of nitrogens with one attached hydrogen (secondary N) is 1. The lowest BCUT2D eigenvalue weighted by Crippen LogP contribution is -2.30. The summed E-state index contributed by atoms with van der Waals surface area (Å²) >= 11 is 0. The highest BCUT2D eigenvalue weighted by Crippen LogP contribution is 2.32. The van der Waals surface area contributed by atoms with Crippen molar-refractivity contribution in [1.29, 1.82) is 0 Å². The van der Waals surface area contributed by atoms with Crippen LogP contribution in [0.1, 0.15) is 38.7 Å². The predicted molar refractivity (Wildman–Crippen MR) is 79.3 cm³/mol. The number of carbonyl (C=O) groups excluding carboxylic acids is 2. The van der Waals surface area contributed by atoms with Crippen molar-refractivity contribution in [3.63, 3.8) is 0 Å². The number of amides is 1. The Morgan fingerprint density at radius 1 is 1.33 bits per heavy atom. The van der Waals surface area contributed by atoms with Crippen LogP contribution in [0.3, 0.4) is 0 Å². The van der Waals surface area contributed by atoms with Gasteiger partial charge in [0.05, 0.1) is 6.61 Å². The molecule has 1 N–H and O–H groups in total. The van der Waals surface area contributed by atoms with Crippen LogP contribution in [0.25, 0.3) is 0 Å². The van der Waals surface area contributed by atoms with Crippen LogP contribution in [-0.4, -0.2) is 24.6 Å². The van der Waals surface area contributed by atoms with E-state index in [1.54, 1.807) is 6.92 Å². The lowest BCUT2D eigenvalue weighted by Gasteiger charge is -2.23. The molecule has 0 saturated carbocycles. The molecule has 1 aliphatic rings. The van der Waals surface area contributed by atoms with E-state index in [1.807, 2.05) is 25.1 Å². The van der Waals surface area contributed by atoms with E-state index in [4.69, 9.17) is 9.47 Å².